The Labute approximate surface area is 101 Å². The third-order valence-corrected chi connectivity index (χ3v) is 3.06. The normalized spacial score (nSPS) is 13.8. The Morgan fingerprint density at radius 3 is 2.82 bits per heavy atom. The summed E-state index contributed by atoms with van der Waals surface area (Å²) in [6.07, 6.45) is -2.14. The third-order valence-electron chi connectivity index (χ3n) is 2.12. The van der Waals surface area contributed by atoms with Gasteiger partial charge in [0.25, 0.3) is 0 Å². The maximum Gasteiger partial charge on any atom is 0.345 e. The fourth-order valence-corrected chi connectivity index (χ4v) is 2.01. The first-order valence-corrected chi connectivity index (χ1v) is 5.63. The molecule has 1 aromatic rings. The maximum atomic E-state index is 10.6. The molecule has 1 heterocycles. The van der Waals surface area contributed by atoms with Crippen molar-refractivity contribution >= 4 is 17.3 Å². The number of hydrogen-bond donors (Lipinski definition) is 3. The molecule has 92 valence electrons. The summed E-state index contributed by atoms with van der Waals surface area (Å²) in [7, 11) is 0. The smallest absolute Gasteiger partial charge is 0.345 e. The van der Waals surface area contributed by atoms with Crippen molar-refractivity contribution < 1.29 is 20.1 Å². The van der Waals surface area contributed by atoms with E-state index >= 15 is 0 Å². The van der Waals surface area contributed by atoms with Crippen molar-refractivity contribution in [2.24, 2.45) is 5.11 Å². The zero-order valence-corrected chi connectivity index (χ0v) is 9.54. The molecule has 0 saturated heterocycles. The van der Waals surface area contributed by atoms with Gasteiger partial charge in [-0.25, -0.2) is 4.79 Å². The van der Waals surface area contributed by atoms with Crippen molar-refractivity contribution in [1.82, 2.24) is 0 Å². The molecular formula is C9H11N3O4S. The maximum absolute atomic E-state index is 10.6. The van der Waals surface area contributed by atoms with Gasteiger partial charge in [0.1, 0.15) is 11.0 Å². The van der Waals surface area contributed by atoms with Crippen molar-refractivity contribution in [2.45, 2.75) is 18.6 Å². The predicted octanol–water partition coefficient (Wildman–Crippen LogP) is 1.54. The number of nitrogens with zero attached hydrogens (tertiary/aromatic N) is 3. The van der Waals surface area contributed by atoms with E-state index in [0.29, 0.717) is 5.56 Å². The number of azide groups is 1. The number of aromatic carboxylic acids is 1. The second kappa shape index (κ2) is 6.21. The molecule has 0 saturated carbocycles. The van der Waals surface area contributed by atoms with Crippen molar-refractivity contribution in [3.63, 3.8) is 0 Å². The number of carbonyl (C=O) groups is 1. The minimum atomic E-state index is -1.17. The lowest BCUT2D eigenvalue weighted by molar-refractivity contribution is 0.0152. The molecule has 1 aromatic heterocycles. The summed E-state index contributed by atoms with van der Waals surface area (Å²) in [6.45, 7) is 0.0741. The number of thiophene rings is 1. The molecule has 0 amide bonds. The Bertz CT molecular complexity index is 441. The van der Waals surface area contributed by atoms with Crippen LogP contribution in [0.5, 0.6) is 0 Å². The fourth-order valence-electron chi connectivity index (χ4n) is 1.23. The van der Waals surface area contributed by atoms with Crippen LogP contribution in [0.2, 0.25) is 0 Å². The summed E-state index contributed by atoms with van der Waals surface area (Å²) in [6, 6.07) is 1.31. The molecule has 0 aliphatic heterocycles. The highest BCUT2D eigenvalue weighted by atomic mass is 32.1. The summed E-state index contributed by atoms with van der Waals surface area (Å²) >= 11 is 0.979. The summed E-state index contributed by atoms with van der Waals surface area (Å²) < 4.78 is 0. The minimum Gasteiger partial charge on any atom is -0.477 e. The van der Waals surface area contributed by atoms with Crippen LogP contribution in [0.15, 0.2) is 16.6 Å². The van der Waals surface area contributed by atoms with E-state index in [-0.39, 0.29) is 17.8 Å². The predicted molar refractivity (Wildman–Crippen MR) is 60.9 cm³/mol. The van der Waals surface area contributed by atoms with Crippen LogP contribution in [0.4, 0.5) is 0 Å². The average Bonchev–Trinajstić information content (AvgIpc) is 2.77. The van der Waals surface area contributed by atoms with Crippen LogP contribution in [0, 0.1) is 0 Å². The monoisotopic (exact) mass is 257 g/mol. The number of rotatable bonds is 6. The highest BCUT2D eigenvalue weighted by molar-refractivity contribution is 7.12. The van der Waals surface area contributed by atoms with Gasteiger partial charge in [-0.3, -0.25) is 0 Å². The minimum absolute atomic E-state index is 0.0741. The fraction of sp³-hybridized carbons (Fsp3) is 0.444. The molecule has 1 rings (SSSR count). The van der Waals surface area contributed by atoms with Crippen LogP contribution in [0.3, 0.4) is 0 Å². The zero-order chi connectivity index (χ0) is 12.8. The molecule has 2 atom stereocenters. The summed E-state index contributed by atoms with van der Waals surface area (Å²) in [4.78, 5) is 13.3. The van der Waals surface area contributed by atoms with Gasteiger partial charge in [0, 0.05) is 11.5 Å². The molecule has 0 fully saturated rings. The second-order valence-electron chi connectivity index (χ2n) is 3.30. The van der Waals surface area contributed by atoms with Gasteiger partial charge in [-0.15, -0.1) is 11.3 Å². The number of carboxylic acid groups (broad SMARTS) is 1. The Morgan fingerprint density at radius 2 is 2.29 bits per heavy atom. The topological polar surface area (TPSA) is 127 Å². The highest BCUT2D eigenvalue weighted by Gasteiger charge is 2.20. The Morgan fingerprint density at radius 1 is 1.59 bits per heavy atom. The second-order valence-corrected chi connectivity index (χ2v) is 4.22. The Kier molecular flexibility index (Phi) is 4.92. The molecule has 8 heteroatoms. The van der Waals surface area contributed by atoms with Crippen LogP contribution >= 0.6 is 11.3 Å². The molecule has 0 aliphatic rings. The van der Waals surface area contributed by atoms with E-state index in [1.807, 2.05) is 0 Å². The van der Waals surface area contributed by atoms with Gasteiger partial charge in [0.05, 0.1) is 6.10 Å². The largest absolute Gasteiger partial charge is 0.477 e. The van der Waals surface area contributed by atoms with Crippen molar-refractivity contribution in [1.29, 1.82) is 0 Å². The van der Waals surface area contributed by atoms with Crippen LogP contribution in [0.25, 0.3) is 10.4 Å². The standard InChI is InChI=1S/C9H11N3O4S/c10-12-11-2-1-6(13)8(14)5-3-7(9(15)16)17-4-5/h3-4,6,8,13-14H,1-2H2,(H,15,16). The van der Waals surface area contributed by atoms with Crippen LogP contribution < -0.4 is 0 Å². The van der Waals surface area contributed by atoms with Crippen LogP contribution in [-0.4, -0.2) is 33.9 Å². The van der Waals surface area contributed by atoms with E-state index in [4.69, 9.17) is 10.6 Å². The molecule has 0 radical (unpaired) electrons. The van der Waals surface area contributed by atoms with Crippen molar-refractivity contribution in [3.8, 4) is 0 Å². The molecular weight excluding hydrogens is 246 g/mol. The molecule has 0 bridgehead atoms. The van der Waals surface area contributed by atoms with Gasteiger partial charge in [0.2, 0.25) is 0 Å². The first kappa shape index (κ1) is 13.5. The van der Waals surface area contributed by atoms with Crippen LogP contribution in [0.1, 0.15) is 27.8 Å². The molecule has 7 nitrogen and oxygen atoms in total. The summed E-state index contributed by atoms with van der Waals surface area (Å²) in [5.74, 6) is -1.07. The van der Waals surface area contributed by atoms with Gasteiger partial charge >= 0.3 is 5.97 Å². The Hall–Kier alpha value is -1.60. The van der Waals surface area contributed by atoms with Crippen molar-refractivity contribution in [3.05, 3.63) is 32.3 Å². The molecule has 0 aliphatic carbocycles. The van der Waals surface area contributed by atoms with E-state index in [1.165, 1.54) is 11.4 Å². The molecule has 3 N–H and O–H groups in total. The number of carboxylic acids is 1. The number of hydrogen-bond acceptors (Lipinski definition) is 5. The lowest BCUT2D eigenvalue weighted by Gasteiger charge is -2.15. The molecule has 17 heavy (non-hydrogen) atoms. The van der Waals surface area contributed by atoms with Crippen LogP contribution in [-0.2, 0) is 0 Å². The van der Waals surface area contributed by atoms with Gasteiger partial charge < -0.3 is 15.3 Å². The first-order valence-electron chi connectivity index (χ1n) is 4.75. The van der Waals surface area contributed by atoms with Crippen molar-refractivity contribution in [2.75, 3.05) is 6.54 Å². The average molecular weight is 257 g/mol. The van der Waals surface area contributed by atoms with Gasteiger partial charge in [-0.1, -0.05) is 5.11 Å². The van der Waals surface area contributed by atoms with E-state index in [1.54, 1.807) is 0 Å². The number of aliphatic hydroxyl groups excluding tert-OH is 2. The first-order chi connectivity index (χ1) is 8.06. The van der Waals surface area contributed by atoms with Gasteiger partial charge in [-0.05, 0) is 29.0 Å². The van der Waals surface area contributed by atoms with E-state index in [2.05, 4.69) is 10.0 Å². The van der Waals surface area contributed by atoms with E-state index in [9.17, 15) is 15.0 Å². The lowest BCUT2D eigenvalue weighted by atomic mass is 10.1. The zero-order valence-electron chi connectivity index (χ0n) is 8.72. The number of aliphatic hydroxyl groups is 2. The molecule has 0 aromatic carbocycles. The molecule has 2 unspecified atom stereocenters. The molecule has 0 spiro atoms. The summed E-state index contributed by atoms with van der Waals surface area (Å²) in [5.41, 5.74) is 8.40. The van der Waals surface area contributed by atoms with Gasteiger partial charge in [0.15, 0.2) is 0 Å². The summed E-state index contributed by atoms with van der Waals surface area (Å²) in [5, 5.41) is 32.7. The quantitative estimate of drug-likeness (QED) is 0.405. The highest BCUT2D eigenvalue weighted by Crippen LogP contribution is 2.24. The van der Waals surface area contributed by atoms with Gasteiger partial charge in [-0.2, -0.15) is 0 Å². The Balaban J connectivity index is 2.64. The van der Waals surface area contributed by atoms with E-state index in [0.717, 1.165) is 11.3 Å². The third kappa shape index (κ3) is 3.72. The SMILES string of the molecule is [N-]=[N+]=NCCC(O)C(O)c1csc(C(=O)O)c1. The van der Waals surface area contributed by atoms with E-state index < -0.39 is 18.2 Å². The lowest BCUT2D eigenvalue weighted by Crippen LogP contribution is -2.18.